The molecule has 100 valence electrons. The van der Waals surface area contributed by atoms with Crippen LogP contribution in [0.1, 0.15) is 21.7 Å². The van der Waals surface area contributed by atoms with Crippen molar-refractivity contribution in [1.29, 1.82) is 0 Å². The average Bonchev–Trinajstić information content (AvgIpc) is 2.74. The maximum atomic E-state index is 12.8. The summed E-state index contributed by atoms with van der Waals surface area (Å²) in [4.78, 5) is 11.8. The van der Waals surface area contributed by atoms with E-state index < -0.39 is 11.7 Å². The minimum atomic E-state index is -4.54. The Hall–Kier alpha value is -1.69. The molecule has 0 radical (unpaired) electrons. The van der Waals surface area contributed by atoms with E-state index in [4.69, 9.17) is 4.42 Å². The van der Waals surface area contributed by atoms with Crippen molar-refractivity contribution in [2.45, 2.75) is 22.9 Å². The van der Waals surface area contributed by atoms with Gasteiger partial charge in [0.2, 0.25) is 0 Å². The first-order valence-electron chi connectivity index (χ1n) is 5.30. The molecule has 0 saturated heterocycles. The molecular weight excluding hydrogens is 277 g/mol. The highest BCUT2D eigenvalue weighted by atomic mass is 32.2. The molecule has 0 fully saturated rings. The monoisotopic (exact) mass is 286 g/mol. The lowest BCUT2D eigenvalue weighted by Crippen LogP contribution is -2.08. The number of rotatable bonds is 3. The van der Waals surface area contributed by atoms with Gasteiger partial charge < -0.3 is 4.42 Å². The summed E-state index contributed by atoms with van der Waals surface area (Å²) in [6.07, 6.45) is -2.86. The maximum absolute atomic E-state index is 12.8. The fourth-order valence-electron chi connectivity index (χ4n) is 1.55. The highest BCUT2D eigenvalue weighted by Gasteiger charge is 2.33. The molecule has 0 atom stereocenters. The summed E-state index contributed by atoms with van der Waals surface area (Å²) in [6, 6.07) is 5.31. The van der Waals surface area contributed by atoms with Gasteiger partial charge in [-0.3, -0.25) is 4.79 Å². The Morgan fingerprint density at radius 2 is 2.00 bits per heavy atom. The Labute approximate surface area is 111 Å². The highest BCUT2D eigenvalue weighted by molar-refractivity contribution is 7.99. The second-order valence-electron chi connectivity index (χ2n) is 3.81. The normalized spacial score (nSPS) is 11.6. The molecule has 0 amide bonds. The minimum absolute atomic E-state index is 0.209. The topological polar surface area (TPSA) is 30.2 Å². The third kappa shape index (κ3) is 3.01. The predicted octanol–water partition coefficient (Wildman–Crippen LogP) is 4.57. The average molecular weight is 286 g/mol. The zero-order chi connectivity index (χ0) is 14.0. The molecule has 0 bridgehead atoms. The molecule has 1 aromatic carbocycles. The van der Waals surface area contributed by atoms with Gasteiger partial charge in [-0.15, -0.1) is 0 Å². The first kappa shape index (κ1) is 13.7. The second kappa shape index (κ2) is 5.13. The predicted molar refractivity (Wildman–Crippen MR) is 64.4 cm³/mol. The highest BCUT2D eigenvalue weighted by Crippen LogP contribution is 2.37. The third-order valence-electron chi connectivity index (χ3n) is 2.50. The molecule has 0 unspecified atom stereocenters. The molecule has 2 rings (SSSR count). The van der Waals surface area contributed by atoms with Crippen molar-refractivity contribution in [3.63, 3.8) is 0 Å². The van der Waals surface area contributed by atoms with Gasteiger partial charge in [-0.1, -0.05) is 11.8 Å². The van der Waals surface area contributed by atoms with Gasteiger partial charge in [-0.2, -0.15) is 13.2 Å². The van der Waals surface area contributed by atoms with Crippen LogP contribution in [0.4, 0.5) is 13.2 Å². The number of alkyl halides is 3. The molecule has 2 aromatic rings. The molecule has 0 N–H and O–H groups in total. The summed E-state index contributed by atoms with van der Waals surface area (Å²) in [5.74, 6) is 0.637. The number of carbonyl (C=O) groups excluding carboxylic acids is 1. The molecule has 6 heteroatoms. The van der Waals surface area contributed by atoms with Crippen LogP contribution >= 0.6 is 11.8 Å². The van der Waals surface area contributed by atoms with Crippen molar-refractivity contribution in [2.75, 3.05) is 0 Å². The molecule has 0 saturated carbocycles. The molecule has 0 spiro atoms. The quantitative estimate of drug-likeness (QED) is 0.774. The van der Waals surface area contributed by atoms with Gasteiger partial charge in [0.1, 0.15) is 5.76 Å². The number of carbonyl (C=O) groups is 1. The molecule has 19 heavy (non-hydrogen) atoms. The first-order valence-corrected chi connectivity index (χ1v) is 6.12. The van der Waals surface area contributed by atoms with E-state index in [9.17, 15) is 18.0 Å². The van der Waals surface area contributed by atoms with Gasteiger partial charge in [0, 0.05) is 10.5 Å². The van der Waals surface area contributed by atoms with Gasteiger partial charge in [0.25, 0.3) is 0 Å². The van der Waals surface area contributed by atoms with Crippen LogP contribution < -0.4 is 0 Å². The number of hydrogen-bond donors (Lipinski definition) is 0. The Morgan fingerprint density at radius 1 is 1.26 bits per heavy atom. The number of aryl methyl sites for hydroxylation is 1. The smallest absolute Gasteiger partial charge is 0.417 e. The molecule has 1 heterocycles. The van der Waals surface area contributed by atoms with Crippen molar-refractivity contribution >= 4 is 18.0 Å². The largest absolute Gasteiger partial charge is 0.468 e. The van der Waals surface area contributed by atoms with E-state index in [-0.39, 0.29) is 11.8 Å². The molecule has 1 aromatic heterocycles. The van der Waals surface area contributed by atoms with Crippen LogP contribution in [-0.4, -0.2) is 6.29 Å². The summed E-state index contributed by atoms with van der Waals surface area (Å²) in [5, 5.41) is 0. The Balaban J connectivity index is 2.38. The van der Waals surface area contributed by atoms with Crippen molar-refractivity contribution in [3.8, 4) is 0 Å². The van der Waals surface area contributed by atoms with Crippen molar-refractivity contribution in [2.24, 2.45) is 0 Å². The van der Waals surface area contributed by atoms with Crippen LogP contribution in [0.3, 0.4) is 0 Å². The van der Waals surface area contributed by atoms with Crippen molar-refractivity contribution in [1.82, 2.24) is 0 Å². The van der Waals surface area contributed by atoms with E-state index in [0.29, 0.717) is 10.7 Å². The molecule has 0 aliphatic rings. The van der Waals surface area contributed by atoms with E-state index in [1.807, 2.05) is 0 Å². The molecular formula is C13H9F3O2S. The number of furan rings is 1. The van der Waals surface area contributed by atoms with Crippen molar-refractivity contribution in [3.05, 3.63) is 47.4 Å². The zero-order valence-electron chi connectivity index (χ0n) is 9.82. The Bertz CT molecular complexity index is 602. The summed E-state index contributed by atoms with van der Waals surface area (Å²) < 4.78 is 43.4. The van der Waals surface area contributed by atoms with Gasteiger partial charge in [0.05, 0.1) is 16.7 Å². The zero-order valence-corrected chi connectivity index (χ0v) is 10.6. The number of aldehydes is 1. The minimum Gasteiger partial charge on any atom is -0.468 e. The van der Waals surface area contributed by atoms with E-state index >= 15 is 0 Å². The standard InChI is InChI=1S/C13H9F3O2S/c1-8-12(4-5-18-8)19-10-3-2-9(7-17)11(6-10)13(14,15)16/h2-7H,1H3. The van der Waals surface area contributed by atoms with Gasteiger partial charge in [-0.25, -0.2) is 0 Å². The lowest BCUT2D eigenvalue weighted by Gasteiger charge is -2.11. The fraction of sp³-hybridized carbons (Fsp3) is 0.154. The van der Waals surface area contributed by atoms with Crippen molar-refractivity contribution < 1.29 is 22.4 Å². The second-order valence-corrected chi connectivity index (χ2v) is 4.92. The van der Waals surface area contributed by atoms with E-state index in [2.05, 4.69) is 0 Å². The van der Waals surface area contributed by atoms with Gasteiger partial charge in [-0.05, 0) is 31.2 Å². The first-order chi connectivity index (χ1) is 8.91. The summed E-state index contributed by atoms with van der Waals surface area (Å²) in [5.41, 5.74) is -1.28. The Kier molecular flexibility index (Phi) is 3.71. The van der Waals surface area contributed by atoms with E-state index in [0.717, 1.165) is 22.7 Å². The number of halogens is 3. The van der Waals surface area contributed by atoms with Crippen LogP contribution in [-0.2, 0) is 6.18 Å². The van der Waals surface area contributed by atoms with Gasteiger partial charge >= 0.3 is 6.18 Å². The summed E-state index contributed by atoms with van der Waals surface area (Å²) >= 11 is 1.16. The van der Waals surface area contributed by atoms with Gasteiger partial charge in [0.15, 0.2) is 6.29 Å². The van der Waals surface area contributed by atoms with Crippen LogP contribution in [0.25, 0.3) is 0 Å². The molecule has 0 aliphatic carbocycles. The third-order valence-corrected chi connectivity index (χ3v) is 3.63. The summed E-state index contributed by atoms with van der Waals surface area (Å²) in [7, 11) is 0. The Morgan fingerprint density at radius 3 is 2.53 bits per heavy atom. The van der Waals surface area contributed by atoms with E-state index in [1.165, 1.54) is 18.4 Å². The van der Waals surface area contributed by atoms with Crippen LogP contribution in [0.5, 0.6) is 0 Å². The van der Waals surface area contributed by atoms with Crippen LogP contribution in [0.15, 0.2) is 44.7 Å². The maximum Gasteiger partial charge on any atom is 0.417 e. The lowest BCUT2D eigenvalue weighted by atomic mass is 10.1. The van der Waals surface area contributed by atoms with Crippen LogP contribution in [0, 0.1) is 6.92 Å². The number of benzene rings is 1. The number of hydrogen-bond acceptors (Lipinski definition) is 3. The fourth-order valence-corrected chi connectivity index (χ4v) is 2.44. The van der Waals surface area contributed by atoms with E-state index in [1.54, 1.807) is 13.0 Å². The SMILES string of the molecule is Cc1occc1Sc1ccc(C=O)c(C(F)(F)F)c1. The molecule has 0 aliphatic heterocycles. The summed E-state index contributed by atoms with van der Waals surface area (Å²) in [6.45, 7) is 1.73. The molecule has 2 nitrogen and oxygen atoms in total. The van der Waals surface area contributed by atoms with Crippen LogP contribution in [0.2, 0.25) is 0 Å². The lowest BCUT2D eigenvalue weighted by molar-refractivity contribution is -0.138.